The quantitative estimate of drug-likeness (QED) is 0.758. The number of rotatable bonds is 4. The van der Waals surface area contributed by atoms with Crippen LogP contribution in [-0.2, 0) is 15.1 Å². The minimum Gasteiger partial charge on any atom is -0.496 e. The van der Waals surface area contributed by atoms with Gasteiger partial charge in [0.05, 0.1) is 19.3 Å². The van der Waals surface area contributed by atoms with Crippen LogP contribution in [0.3, 0.4) is 0 Å². The number of carbonyl (C=O) groups is 2. The number of methoxy groups -OCH3 is 1. The van der Waals surface area contributed by atoms with Gasteiger partial charge in [-0.3, -0.25) is 14.5 Å². The van der Waals surface area contributed by atoms with Gasteiger partial charge in [0.2, 0.25) is 5.91 Å². The average Bonchev–Trinajstić information content (AvgIpc) is 3.25. The summed E-state index contributed by atoms with van der Waals surface area (Å²) in [7, 11) is 4.89. The summed E-state index contributed by atoms with van der Waals surface area (Å²) in [6.07, 6.45) is -0.519. The van der Waals surface area contributed by atoms with Crippen LogP contribution in [0.4, 0.5) is 5.69 Å². The Morgan fingerprint density at radius 2 is 2.00 bits per heavy atom. The number of benzene rings is 2. The van der Waals surface area contributed by atoms with Gasteiger partial charge in [0.1, 0.15) is 5.75 Å². The third kappa shape index (κ3) is 3.19. The molecule has 8 heteroatoms. The normalized spacial score (nSPS) is 25.3. The molecule has 1 saturated heterocycles. The van der Waals surface area contributed by atoms with Gasteiger partial charge in [0.15, 0.2) is 5.54 Å². The Hall–Kier alpha value is -2.61. The number of likely N-dealkylation sites (N-methyl/N-ethyl adjacent to an activating group) is 1. The Labute approximate surface area is 186 Å². The molecule has 164 valence electrons. The number of para-hydroxylation sites is 1. The van der Waals surface area contributed by atoms with Crippen molar-refractivity contribution in [3.8, 4) is 5.75 Å². The number of fused-ring (bicyclic) bond motifs is 1. The van der Waals surface area contributed by atoms with Crippen LogP contribution in [0.25, 0.3) is 0 Å². The van der Waals surface area contributed by atoms with Gasteiger partial charge in [-0.2, -0.15) is 0 Å². The van der Waals surface area contributed by atoms with Crippen molar-refractivity contribution in [2.75, 3.05) is 33.1 Å². The number of nitrogens with one attached hydrogen (secondary N) is 1. The highest BCUT2D eigenvalue weighted by Crippen LogP contribution is 2.51. The van der Waals surface area contributed by atoms with E-state index in [1.165, 1.54) is 4.90 Å². The Kier molecular flexibility index (Phi) is 5.45. The number of β-amino-alcohol motifs (C(OH)–C–C–N with tert-alkyl or cyclic N) is 1. The van der Waals surface area contributed by atoms with Crippen molar-refractivity contribution in [3.05, 3.63) is 58.1 Å². The van der Waals surface area contributed by atoms with Gasteiger partial charge in [-0.15, -0.1) is 0 Å². The third-order valence-corrected chi connectivity index (χ3v) is 6.61. The number of nitrogens with zero attached hydrogens (tertiary/aromatic N) is 2. The average molecular weight is 444 g/mol. The van der Waals surface area contributed by atoms with E-state index in [1.807, 2.05) is 31.2 Å². The van der Waals surface area contributed by atoms with Crippen LogP contribution in [-0.4, -0.2) is 66.6 Å². The van der Waals surface area contributed by atoms with E-state index >= 15 is 0 Å². The zero-order valence-corrected chi connectivity index (χ0v) is 18.7. The molecule has 2 aromatic carbocycles. The van der Waals surface area contributed by atoms with Gasteiger partial charge >= 0.3 is 0 Å². The topological polar surface area (TPSA) is 82.1 Å². The smallest absolute Gasteiger partial charge is 0.254 e. The van der Waals surface area contributed by atoms with E-state index in [0.29, 0.717) is 27.6 Å². The number of hydrogen-bond donors (Lipinski definition) is 2. The zero-order chi connectivity index (χ0) is 22.5. The number of carbonyl (C=O) groups excluding carboxylic acids is 2. The van der Waals surface area contributed by atoms with Gasteiger partial charge in [0.25, 0.3) is 5.91 Å². The maximum absolute atomic E-state index is 13.8. The van der Waals surface area contributed by atoms with Gasteiger partial charge in [-0.1, -0.05) is 29.8 Å². The number of aliphatic hydroxyl groups is 1. The summed E-state index contributed by atoms with van der Waals surface area (Å²) in [6.45, 7) is 2.02. The van der Waals surface area contributed by atoms with Crippen molar-refractivity contribution in [3.63, 3.8) is 0 Å². The van der Waals surface area contributed by atoms with Crippen LogP contribution in [0.2, 0.25) is 5.02 Å². The summed E-state index contributed by atoms with van der Waals surface area (Å²) in [5, 5.41) is 14.1. The van der Waals surface area contributed by atoms with Gasteiger partial charge in [-0.05, 0) is 37.1 Å². The number of hydrogen-bond acceptors (Lipinski definition) is 5. The van der Waals surface area contributed by atoms with Gasteiger partial charge < -0.3 is 20.1 Å². The summed E-state index contributed by atoms with van der Waals surface area (Å²) in [5.41, 5.74) is 1.32. The third-order valence-electron chi connectivity index (χ3n) is 6.20. The molecule has 0 radical (unpaired) electrons. The predicted molar refractivity (Wildman–Crippen MR) is 118 cm³/mol. The van der Waals surface area contributed by atoms with Crippen LogP contribution < -0.4 is 10.1 Å². The van der Waals surface area contributed by atoms with E-state index in [2.05, 4.69) is 5.32 Å². The first kappa shape index (κ1) is 21.6. The predicted octanol–water partition coefficient (Wildman–Crippen LogP) is 2.38. The highest BCUT2D eigenvalue weighted by atomic mass is 35.5. The minimum atomic E-state index is -1.38. The lowest BCUT2D eigenvalue weighted by Gasteiger charge is -2.41. The lowest BCUT2D eigenvalue weighted by molar-refractivity contribution is -0.138. The molecule has 0 aromatic heterocycles. The van der Waals surface area contributed by atoms with Crippen molar-refractivity contribution < 1.29 is 19.4 Å². The molecule has 2 amide bonds. The van der Waals surface area contributed by atoms with E-state index in [9.17, 15) is 14.7 Å². The van der Waals surface area contributed by atoms with Crippen LogP contribution in [0.15, 0.2) is 36.4 Å². The van der Waals surface area contributed by atoms with Crippen LogP contribution >= 0.6 is 11.6 Å². The number of halogens is 1. The van der Waals surface area contributed by atoms with Crippen molar-refractivity contribution in [1.82, 2.24) is 9.80 Å². The Bertz CT molecular complexity index is 1060. The van der Waals surface area contributed by atoms with Crippen LogP contribution in [0.1, 0.15) is 23.1 Å². The van der Waals surface area contributed by atoms with E-state index in [0.717, 1.165) is 5.56 Å². The fourth-order valence-electron chi connectivity index (χ4n) is 4.79. The maximum atomic E-state index is 13.8. The number of anilines is 1. The molecule has 0 saturated carbocycles. The first-order valence-electron chi connectivity index (χ1n) is 10.1. The minimum absolute atomic E-state index is 0.153. The summed E-state index contributed by atoms with van der Waals surface area (Å²) in [4.78, 5) is 30.2. The number of ether oxygens (including phenoxy) is 1. The highest BCUT2D eigenvalue weighted by Gasteiger charge is 2.59. The Morgan fingerprint density at radius 3 is 2.68 bits per heavy atom. The molecule has 2 N–H and O–H groups in total. The highest BCUT2D eigenvalue weighted by molar-refractivity contribution is 6.31. The molecule has 2 aliphatic heterocycles. The first-order valence-corrected chi connectivity index (χ1v) is 10.5. The van der Waals surface area contributed by atoms with Crippen molar-refractivity contribution in [2.24, 2.45) is 0 Å². The van der Waals surface area contributed by atoms with Crippen molar-refractivity contribution in [2.45, 2.75) is 31.0 Å². The lowest BCUT2D eigenvalue weighted by Crippen LogP contribution is -2.57. The number of amides is 2. The zero-order valence-electron chi connectivity index (χ0n) is 18.0. The Balaban J connectivity index is 2.04. The molecule has 31 heavy (non-hydrogen) atoms. The summed E-state index contributed by atoms with van der Waals surface area (Å²) < 4.78 is 5.63. The largest absolute Gasteiger partial charge is 0.496 e. The summed E-state index contributed by atoms with van der Waals surface area (Å²) in [6, 6.07) is 10.2. The SMILES string of the molecule is COc1ccccc1C1(N2C[C@H](O)C[C@H]2C(=O)N(C)C)C(=O)Nc2cc(C)c(Cl)cc21. The molecule has 1 unspecified atom stereocenters. The molecular weight excluding hydrogens is 418 g/mol. The molecule has 2 aromatic rings. The number of likely N-dealkylation sites (tertiary alicyclic amines) is 1. The van der Waals surface area contributed by atoms with Crippen LogP contribution in [0.5, 0.6) is 5.75 Å². The van der Waals surface area contributed by atoms with E-state index in [-0.39, 0.29) is 24.8 Å². The molecule has 2 aliphatic rings. The molecule has 1 fully saturated rings. The fourth-order valence-corrected chi connectivity index (χ4v) is 4.95. The standard InChI is InChI=1S/C23H26ClN3O4/c1-13-9-18-16(11-17(13)24)23(22(30)25-18,15-7-5-6-8-20(15)31-4)27-12-14(28)10-19(27)21(29)26(2)3/h5-9,11,14,19,28H,10,12H2,1-4H3,(H,25,30)/t14-,19+,23?/m1/s1. The lowest BCUT2D eigenvalue weighted by atomic mass is 9.80. The Morgan fingerprint density at radius 1 is 1.29 bits per heavy atom. The van der Waals surface area contributed by atoms with E-state index in [1.54, 1.807) is 38.2 Å². The van der Waals surface area contributed by atoms with Crippen molar-refractivity contribution >= 4 is 29.1 Å². The fraction of sp³-hybridized carbons (Fsp3) is 0.391. The summed E-state index contributed by atoms with van der Waals surface area (Å²) in [5.74, 6) is 0.0317. The molecule has 2 heterocycles. The first-order chi connectivity index (χ1) is 14.7. The molecule has 4 rings (SSSR count). The van der Waals surface area contributed by atoms with Crippen LogP contribution in [0, 0.1) is 6.92 Å². The number of aryl methyl sites for hydroxylation is 1. The monoisotopic (exact) mass is 443 g/mol. The molecule has 0 aliphatic carbocycles. The van der Waals surface area contributed by atoms with Gasteiger partial charge in [0, 0.05) is 42.5 Å². The number of aliphatic hydroxyl groups excluding tert-OH is 1. The summed E-state index contributed by atoms with van der Waals surface area (Å²) >= 11 is 6.50. The second kappa shape index (κ2) is 7.82. The van der Waals surface area contributed by atoms with Gasteiger partial charge in [-0.25, -0.2) is 0 Å². The molecule has 3 atom stereocenters. The molecule has 7 nitrogen and oxygen atoms in total. The maximum Gasteiger partial charge on any atom is 0.254 e. The second-order valence-corrected chi connectivity index (χ2v) is 8.71. The van der Waals surface area contributed by atoms with Crippen molar-refractivity contribution in [1.29, 1.82) is 0 Å². The molecule has 0 spiro atoms. The second-order valence-electron chi connectivity index (χ2n) is 8.30. The van der Waals surface area contributed by atoms with E-state index in [4.69, 9.17) is 16.3 Å². The molecule has 0 bridgehead atoms. The van der Waals surface area contributed by atoms with E-state index < -0.39 is 17.7 Å². The molecular formula is C23H26ClN3O4.